The summed E-state index contributed by atoms with van der Waals surface area (Å²) in [5, 5.41) is 10.9. The number of nitrogens with zero attached hydrogens (tertiary/aromatic N) is 3. The predicted octanol–water partition coefficient (Wildman–Crippen LogP) is 3.80. The third-order valence-electron chi connectivity index (χ3n) is 3.19. The van der Waals surface area contributed by atoms with Crippen molar-refractivity contribution in [1.82, 2.24) is 4.57 Å². The first-order valence-electron chi connectivity index (χ1n) is 6.77. The maximum absolute atomic E-state index is 12.5. The molecule has 0 N–H and O–H groups in total. The lowest BCUT2D eigenvalue weighted by Crippen LogP contribution is -2.16. The molecule has 3 rings (SSSR count). The number of nitro groups is 1. The van der Waals surface area contributed by atoms with Crippen LogP contribution in [-0.4, -0.2) is 17.9 Å². The maximum atomic E-state index is 12.5. The van der Waals surface area contributed by atoms with Crippen molar-refractivity contribution in [2.45, 2.75) is 10.8 Å². The standard InChI is InChI=1S/C14H10ClN3O4S3/c1-2-7-17-10-4-3-9(18(19)20)8-11(10)23-14(17)16-25(21,22)13-6-5-12(15)24-13/h2-6,8H,1,7H2. The van der Waals surface area contributed by atoms with Crippen molar-refractivity contribution in [2.75, 3.05) is 0 Å². The highest BCUT2D eigenvalue weighted by Gasteiger charge is 2.18. The molecule has 0 bridgehead atoms. The zero-order chi connectivity index (χ0) is 18.2. The second-order valence-electron chi connectivity index (χ2n) is 4.82. The molecule has 0 amide bonds. The van der Waals surface area contributed by atoms with Crippen LogP contribution in [0.4, 0.5) is 5.69 Å². The van der Waals surface area contributed by atoms with E-state index in [1.54, 1.807) is 16.7 Å². The molecule has 130 valence electrons. The van der Waals surface area contributed by atoms with Crippen molar-refractivity contribution in [3.8, 4) is 0 Å². The van der Waals surface area contributed by atoms with E-state index in [4.69, 9.17) is 11.6 Å². The third-order valence-corrected chi connectivity index (χ3v) is 7.31. The zero-order valence-electron chi connectivity index (χ0n) is 12.5. The molecule has 0 atom stereocenters. The fourth-order valence-electron chi connectivity index (χ4n) is 2.14. The average Bonchev–Trinajstić information content (AvgIpc) is 3.12. The van der Waals surface area contributed by atoms with Crippen LogP contribution in [0.25, 0.3) is 10.2 Å². The lowest BCUT2D eigenvalue weighted by molar-refractivity contribution is -0.384. The number of benzene rings is 1. The van der Waals surface area contributed by atoms with Gasteiger partial charge in [-0.05, 0) is 18.2 Å². The summed E-state index contributed by atoms with van der Waals surface area (Å²) in [6.45, 7) is 3.97. The molecule has 7 nitrogen and oxygen atoms in total. The molecule has 0 radical (unpaired) electrons. The number of non-ortho nitro benzene ring substituents is 1. The minimum Gasteiger partial charge on any atom is -0.312 e. The van der Waals surface area contributed by atoms with Gasteiger partial charge in [-0.25, -0.2) is 0 Å². The average molecular weight is 416 g/mol. The Morgan fingerprint density at radius 2 is 2.08 bits per heavy atom. The summed E-state index contributed by atoms with van der Waals surface area (Å²) < 4.78 is 31.4. The molecule has 3 aromatic rings. The second-order valence-corrected chi connectivity index (χ2v) is 9.37. The summed E-state index contributed by atoms with van der Waals surface area (Å²) >= 11 is 7.77. The van der Waals surface area contributed by atoms with Gasteiger partial charge in [0.05, 0.1) is 19.5 Å². The van der Waals surface area contributed by atoms with Gasteiger partial charge in [0.2, 0.25) is 4.80 Å². The molecule has 0 saturated carbocycles. The largest absolute Gasteiger partial charge is 0.312 e. The zero-order valence-corrected chi connectivity index (χ0v) is 15.7. The summed E-state index contributed by atoms with van der Waals surface area (Å²) in [4.78, 5) is 10.6. The molecule has 0 fully saturated rings. The fraction of sp³-hybridized carbons (Fsp3) is 0.0714. The lowest BCUT2D eigenvalue weighted by Gasteiger charge is -2.00. The van der Waals surface area contributed by atoms with Crippen molar-refractivity contribution < 1.29 is 13.3 Å². The van der Waals surface area contributed by atoms with Gasteiger partial charge in [-0.15, -0.1) is 22.3 Å². The Morgan fingerprint density at radius 3 is 2.68 bits per heavy atom. The number of rotatable bonds is 5. The number of aromatic nitrogens is 1. The Balaban J connectivity index is 2.25. The molecule has 11 heteroatoms. The summed E-state index contributed by atoms with van der Waals surface area (Å²) in [5.41, 5.74) is 0.576. The lowest BCUT2D eigenvalue weighted by atomic mass is 10.3. The van der Waals surface area contributed by atoms with Crippen LogP contribution >= 0.6 is 34.3 Å². The molecular weight excluding hydrogens is 406 g/mol. The molecular formula is C14H10ClN3O4S3. The number of halogens is 1. The van der Waals surface area contributed by atoms with Crippen LogP contribution in [0.1, 0.15) is 0 Å². The van der Waals surface area contributed by atoms with E-state index in [0.717, 1.165) is 22.7 Å². The molecule has 0 saturated heterocycles. The van der Waals surface area contributed by atoms with E-state index in [9.17, 15) is 18.5 Å². The van der Waals surface area contributed by atoms with Gasteiger partial charge in [0.25, 0.3) is 15.7 Å². The molecule has 25 heavy (non-hydrogen) atoms. The fourth-order valence-corrected chi connectivity index (χ4v) is 5.87. The van der Waals surface area contributed by atoms with Crippen LogP contribution in [0.15, 0.2) is 51.6 Å². The number of sulfonamides is 1. The minimum absolute atomic E-state index is 0.0334. The van der Waals surface area contributed by atoms with E-state index >= 15 is 0 Å². The van der Waals surface area contributed by atoms with Gasteiger partial charge >= 0.3 is 0 Å². The topological polar surface area (TPSA) is 94.6 Å². The quantitative estimate of drug-likeness (QED) is 0.359. The summed E-state index contributed by atoms with van der Waals surface area (Å²) in [5.74, 6) is 0. The number of hydrogen-bond donors (Lipinski definition) is 0. The first-order valence-corrected chi connectivity index (χ1v) is 10.2. The molecule has 0 aliphatic heterocycles. The van der Waals surface area contributed by atoms with Crippen molar-refractivity contribution in [1.29, 1.82) is 0 Å². The van der Waals surface area contributed by atoms with Gasteiger partial charge in [-0.1, -0.05) is 29.0 Å². The van der Waals surface area contributed by atoms with Crippen LogP contribution in [0.2, 0.25) is 4.34 Å². The third kappa shape index (κ3) is 3.52. The number of allylic oxidation sites excluding steroid dienone is 1. The highest BCUT2D eigenvalue weighted by Crippen LogP contribution is 2.27. The molecule has 2 aromatic heterocycles. The number of hydrogen-bond acceptors (Lipinski definition) is 6. The Kier molecular flexibility index (Phi) is 4.78. The van der Waals surface area contributed by atoms with Gasteiger partial charge in [0, 0.05) is 18.7 Å². The van der Waals surface area contributed by atoms with E-state index in [1.165, 1.54) is 24.3 Å². The molecule has 2 heterocycles. The monoisotopic (exact) mass is 415 g/mol. The van der Waals surface area contributed by atoms with Crippen molar-refractivity contribution in [3.63, 3.8) is 0 Å². The van der Waals surface area contributed by atoms with Gasteiger partial charge in [-0.3, -0.25) is 10.1 Å². The Hall–Kier alpha value is -2.01. The van der Waals surface area contributed by atoms with Crippen LogP contribution < -0.4 is 4.80 Å². The Morgan fingerprint density at radius 1 is 1.32 bits per heavy atom. The van der Waals surface area contributed by atoms with Gasteiger partial charge < -0.3 is 4.57 Å². The first kappa shape index (κ1) is 17.8. The predicted molar refractivity (Wildman–Crippen MR) is 98.7 cm³/mol. The van der Waals surface area contributed by atoms with Crippen LogP contribution in [0.5, 0.6) is 0 Å². The maximum Gasteiger partial charge on any atom is 0.294 e. The van der Waals surface area contributed by atoms with Crippen LogP contribution in [-0.2, 0) is 16.6 Å². The van der Waals surface area contributed by atoms with E-state index in [0.29, 0.717) is 21.1 Å². The van der Waals surface area contributed by atoms with E-state index in [-0.39, 0.29) is 14.7 Å². The number of nitro benzene ring substituents is 1. The molecule has 1 aromatic carbocycles. The molecule has 0 aliphatic carbocycles. The molecule has 0 spiro atoms. The van der Waals surface area contributed by atoms with Gasteiger partial charge in [0.1, 0.15) is 4.21 Å². The van der Waals surface area contributed by atoms with Crippen LogP contribution in [0.3, 0.4) is 0 Å². The Labute approximate surface area is 155 Å². The Bertz CT molecular complexity index is 1160. The second kappa shape index (κ2) is 6.71. The minimum atomic E-state index is -3.93. The first-order chi connectivity index (χ1) is 11.8. The smallest absolute Gasteiger partial charge is 0.294 e. The number of thiophene rings is 1. The van der Waals surface area contributed by atoms with E-state index < -0.39 is 14.9 Å². The normalized spacial score (nSPS) is 12.6. The van der Waals surface area contributed by atoms with Crippen LogP contribution in [0, 0.1) is 10.1 Å². The summed E-state index contributed by atoms with van der Waals surface area (Å²) in [6.07, 6.45) is 1.60. The highest BCUT2D eigenvalue weighted by atomic mass is 35.5. The SMILES string of the molecule is C=CCn1c(=NS(=O)(=O)c2ccc(Cl)s2)sc2cc([N+](=O)[O-])ccc21. The highest BCUT2D eigenvalue weighted by molar-refractivity contribution is 7.92. The van der Waals surface area contributed by atoms with Crippen molar-refractivity contribution >= 4 is 60.2 Å². The van der Waals surface area contributed by atoms with Gasteiger partial charge in [0.15, 0.2) is 0 Å². The van der Waals surface area contributed by atoms with E-state index in [2.05, 4.69) is 11.0 Å². The van der Waals surface area contributed by atoms with Crippen molar-refractivity contribution in [3.05, 3.63) is 62.2 Å². The summed E-state index contributed by atoms with van der Waals surface area (Å²) in [6, 6.07) is 7.21. The van der Waals surface area contributed by atoms with E-state index in [1.807, 2.05) is 0 Å². The van der Waals surface area contributed by atoms with Crippen molar-refractivity contribution in [2.24, 2.45) is 4.40 Å². The number of fused-ring (bicyclic) bond motifs is 1. The number of thiazole rings is 1. The molecule has 0 aliphatic rings. The summed E-state index contributed by atoms with van der Waals surface area (Å²) in [7, 11) is -3.93. The molecule has 0 unspecified atom stereocenters. The van der Waals surface area contributed by atoms with Gasteiger partial charge in [-0.2, -0.15) is 8.42 Å².